The number of pyridine rings is 1. The van der Waals surface area contributed by atoms with Crippen molar-refractivity contribution in [3.05, 3.63) is 158 Å². The third kappa shape index (κ3) is 4.58. The predicted molar refractivity (Wildman–Crippen MR) is 213 cm³/mol. The Morgan fingerprint density at radius 1 is 0.654 bits per heavy atom. The first kappa shape index (κ1) is 29.9. The van der Waals surface area contributed by atoms with Crippen molar-refractivity contribution < 1.29 is 4.42 Å². The number of benzene rings is 6. The Hall–Kier alpha value is -6.92. The van der Waals surface area contributed by atoms with Crippen LogP contribution < -0.4 is 4.90 Å². The first-order valence-electron chi connectivity index (χ1n) is 17.5. The summed E-state index contributed by atoms with van der Waals surface area (Å²) in [5.41, 5.74) is 10.3. The van der Waals surface area contributed by atoms with Crippen molar-refractivity contribution in [2.75, 3.05) is 4.90 Å². The fraction of sp³-hybridized carbons (Fsp3) is 0.0435. The molecule has 1 aliphatic heterocycles. The van der Waals surface area contributed by atoms with Gasteiger partial charge in [-0.05, 0) is 47.7 Å². The molecule has 0 N–H and O–H groups in total. The number of fused-ring (bicyclic) bond motifs is 7. The average Bonchev–Trinajstić information content (AvgIpc) is 3.59. The summed E-state index contributed by atoms with van der Waals surface area (Å²) < 4.78 is 6.50. The summed E-state index contributed by atoms with van der Waals surface area (Å²) in [6.07, 6.45) is 4.74. The highest BCUT2D eigenvalue weighted by Gasteiger charge is 2.31. The van der Waals surface area contributed by atoms with Gasteiger partial charge < -0.3 is 4.42 Å². The molecule has 0 fully saturated rings. The van der Waals surface area contributed by atoms with Crippen LogP contribution in [0.4, 0.5) is 17.3 Å². The standard InChI is InChI=1S/C46H31N5O/c1-3-14-28(4-2)44-48-45(29-15-6-5-7-16-29)50-46(49-44)51-38-26-25-30(31-19-12-21-35-33-18-9-11-24-40(33)52-43(31)35)27-36(38)42-41-34(20-13-23-39(41)51)32-17-8-10-22-37(32)47-42/h4-27H,2-3H2,1H3/b28-14+. The van der Waals surface area contributed by atoms with Gasteiger partial charge in [0, 0.05) is 43.8 Å². The van der Waals surface area contributed by atoms with Gasteiger partial charge in [0.05, 0.1) is 22.6 Å². The third-order valence-corrected chi connectivity index (χ3v) is 9.91. The molecule has 6 nitrogen and oxygen atoms in total. The molecule has 9 aromatic rings. The van der Waals surface area contributed by atoms with Crippen molar-refractivity contribution in [1.82, 2.24) is 19.9 Å². The summed E-state index contributed by atoms with van der Waals surface area (Å²) >= 11 is 0. The number of para-hydroxylation sites is 3. The van der Waals surface area contributed by atoms with Gasteiger partial charge in [-0.3, -0.25) is 4.90 Å². The Balaban J connectivity index is 1.28. The maximum Gasteiger partial charge on any atom is 0.238 e. The van der Waals surface area contributed by atoms with E-state index < -0.39 is 0 Å². The number of furan rings is 1. The van der Waals surface area contributed by atoms with E-state index in [9.17, 15) is 0 Å². The summed E-state index contributed by atoms with van der Waals surface area (Å²) in [5, 5.41) is 5.45. The zero-order valence-corrected chi connectivity index (χ0v) is 28.4. The largest absolute Gasteiger partial charge is 0.455 e. The van der Waals surface area contributed by atoms with E-state index in [1.807, 2.05) is 54.6 Å². The molecule has 0 amide bonds. The molecule has 0 aliphatic carbocycles. The maximum absolute atomic E-state index is 6.50. The molecule has 0 saturated heterocycles. The molecule has 0 saturated carbocycles. The van der Waals surface area contributed by atoms with Crippen molar-refractivity contribution in [2.24, 2.45) is 0 Å². The van der Waals surface area contributed by atoms with Crippen molar-refractivity contribution in [3.63, 3.8) is 0 Å². The molecular weight excluding hydrogens is 639 g/mol. The van der Waals surface area contributed by atoms with Gasteiger partial charge in [-0.25, -0.2) is 9.97 Å². The van der Waals surface area contributed by atoms with Crippen molar-refractivity contribution >= 4 is 66.5 Å². The van der Waals surface area contributed by atoms with E-state index in [1.165, 1.54) is 0 Å². The van der Waals surface area contributed by atoms with Crippen molar-refractivity contribution in [1.29, 1.82) is 0 Å². The first-order valence-corrected chi connectivity index (χ1v) is 17.5. The van der Waals surface area contributed by atoms with Crippen LogP contribution in [-0.4, -0.2) is 19.9 Å². The van der Waals surface area contributed by atoms with Gasteiger partial charge in [-0.1, -0.05) is 129 Å². The Bertz CT molecular complexity index is 2930. The fourth-order valence-electron chi connectivity index (χ4n) is 7.57. The summed E-state index contributed by atoms with van der Waals surface area (Å²) in [6, 6.07) is 46.0. The first-order chi connectivity index (χ1) is 25.7. The highest BCUT2D eigenvalue weighted by molar-refractivity contribution is 6.20. The van der Waals surface area contributed by atoms with Gasteiger partial charge in [0.2, 0.25) is 5.95 Å². The topological polar surface area (TPSA) is 67.9 Å². The monoisotopic (exact) mass is 669 g/mol. The molecule has 0 spiro atoms. The molecule has 0 atom stereocenters. The maximum atomic E-state index is 6.50. The van der Waals surface area contributed by atoms with E-state index >= 15 is 0 Å². The van der Waals surface area contributed by atoms with Crippen LogP contribution in [0, 0.1) is 0 Å². The highest BCUT2D eigenvalue weighted by Crippen LogP contribution is 2.52. The van der Waals surface area contributed by atoms with Crippen LogP contribution in [0.5, 0.6) is 0 Å². The second-order valence-electron chi connectivity index (χ2n) is 12.9. The van der Waals surface area contributed by atoms with Crippen LogP contribution in [0.1, 0.15) is 19.2 Å². The summed E-state index contributed by atoms with van der Waals surface area (Å²) in [7, 11) is 0. The molecule has 0 unspecified atom stereocenters. The second kappa shape index (κ2) is 11.9. The lowest BCUT2D eigenvalue weighted by atomic mass is 9.91. The molecule has 3 aromatic heterocycles. The second-order valence-corrected chi connectivity index (χ2v) is 12.9. The molecule has 52 heavy (non-hydrogen) atoms. The Morgan fingerprint density at radius 3 is 2.29 bits per heavy atom. The lowest BCUT2D eigenvalue weighted by Gasteiger charge is -2.32. The lowest BCUT2D eigenvalue weighted by molar-refractivity contribution is 0.670. The van der Waals surface area contributed by atoms with Crippen molar-refractivity contribution in [2.45, 2.75) is 13.3 Å². The molecule has 0 bridgehead atoms. The van der Waals surface area contributed by atoms with E-state index in [-0.39, 0.29) is 0 Å². The van der Waals surface area contributed by atoms with Gasteiger partial charge in [-0.15, -0.1) is 0 Å². The summed E-state index contributed by atoms with van der Waals surface area (Å²) in [4.78, 5) is 22.8. The smallest absolute Gasteiger partial charge is 0.238 e. The zero-order valence-electron chi connectivity index (χ0n) is 28.4. The number of allylic oxidation sites excluding steroid dienone is 3. The quantitative estimate of drug-likeness (QED) is 0.130. The molecule has 6 aromatic carbocycles. The Labute approximate surface area is 300 Å². The third-order valence-electron chi connectivity index (χ3n) is 9.91. The van der Waals surface area contributed by atoms with Gasteiger partial charge in [-0.2, -0.15) is 9.97 Å². The highest BCUT2D eigenvalue weighted by atomic mass is 16.3. The molecule has 0 radical (unpaired) electrons. The van der Waals surface area contributed by atoms with Crippen molar-refractivity contribution in [3.8, 4) is 33.8 Å². The zero-order chi connectivity index (χ0) is 34.8. The summed E-state index contributed by atoms with van der Waals surface area (Å²) in [5.74, 6) is 1.69. The number of hydrogen-bond acceptors (Lipinski definition) is 6. The van der Waals surface area contributed by atoms with Gasteiger partial charge >= 0.3 is 0 Å². The van der Waals surface area contributed by atoms with Crippen LogP contribution in [0.3, 0.4) is 0 Å². The number of aromatic nitrogens is 4. The van der Waals surface area contributed by atoms with Crippen LogP contribution in [-0.2, 0) is 0 Å². The minimum atomic E-state index is 0.521. The molecule has 246 valence electrons. The Kier molecular flexibility index (Phi) is 6.83. The molecular formula is C46H31N5O. The van der Waals surface area contributed by atoms with Crippen LogP contribution in [0.25, 0.3) is 83.0 Å². The lowest BCUT2D eigenvalue weighted by Crippen LogP contribution is -2.19. The summed E-state index contributed by atoms with van der Waals surface area (Å²) in [6.45, 7) is 6.20. The minimum absolute atomic E-state index is 0.521. The van der Waals surface area contributed by atoms with Crippen LogP contribution in [0.2, 0.25) is 0 Å². The van der Waals surface area contributed by atoms with E-state index in [0.29, 0.717) is 17.6 Å². The van der Waals surface area contributed by atoms with Gasteiger partial charge in [0.15, 0.2) is 11.6 Å². The number of anilines is 3. The SMILES string of the molecule is C=C/C(=C\CC)c1nc(-c2ccccc2)nc(N2c3ccc(-c4cccc5c4oc4ccccc45)cc3-c3nc4ccccc4c4cccc2c34)n1. The molecule has 1 aliphatic rings. The normalized spacial score (nSPS) is 12.6. The van der Waals surface area contributed by atoms with E-state index in [2.05, 4.69) is 109 Å². The van der Waals surface area contributed by atoms with E-state index in [4.69, 9.17) is 24.4 Å². The molecule has 6 heteroatoms. The van der Waals surface area contributed by atoms with Crippen LogP contribution in [0.15, 0.2) is 157 Å². The van der Waals surface area contributed by atoms with Gasteiger partial charge in [0.25, 0.3) is 0 Å². The minimum Gasteiger partial charge on any atom is -0.455 e. The molecule has 4 heterocycles. The van der Waals surface area contributed by atoms with Crippen LogP contribution >= 0.6 is 0 Å². The number of nitrogens with zero attached hydrogens (tertiary/aromatic N) is 5. The average molecular weight is 670 g/mol. The molecule has 10 rings (SSSR count). The number of rotatable bonds is 6. The fourth-order valence-corrected chi connectivity index (χ4v) is 7.57. The van der Waals surface area contributed by atoms with E-state index in [0.717, 1.165) is 94.9 Å². The predicted octanol–water partition coefficient (Wildman–Crippen LogP) is 12.2. The number of hydrogen-bond donors (Lipinski definition) is 0. The Morgan fingerprint density at radius 2 is 1.42 bits per heavy atom. The van der Waals surface area contributed by atoms with Gasteiger partial charge in [0.1, 0.15) is 11.2 Å². The van der Waals surface area contributed by atoms with E-state index in [1.54, 1.807) is 0 Å².